The van der Waals surface area contributed by atoms with Gasteiger partial charge in [-0.1, -0.05) is 62.7 Å². The monoisotopic (exact) mass is 393 g/mol. The van der Waals surface area contributed by atoms with Gasteiger partial charge in [-0.15, -0.1) is 0 Å². The van der Waals surface area contributed by atoms with Gasteiger partial charge in [0.15, 0.2) is 0 Å². The van der Waals surface area contributed by atoms with Gasteiger partial charge in [0, 0.05) is 5.56 Å². The molecule has 0 bridgehead atoms. The Morgan fingerprint density at radius 1 is 0.929 bits per heavy atom. The molecule has 0 aromatic heterocycles. The van der Waals surface area contributed by atoms with Crippen LogP contribution in [0, 0.1) is 5.92 Å². The molecule has 0 spiro atoms. The lowest BCUT2D eigenvalue weighted by atomic mass is 9.83. The predicted molar refractivity (Wildman–Crippen MR) is 112 cm³/mol. The largest absolute Gasteiger partial charge is 0.508 e. The number of phenolic OH excluding ortho intramolecular Hbond substituents is 1. The number of nitrogens with zero attached hydrogens (tertiary/aromatic N) is 1. The van der Waals surface area contributed by atoms with Crippen molar-refractivity contribution in [1.82, 2.24) is 0 Å². The third-order valence-corrected chi connectivity index (χ3v) is 7.35. The maximum absolute atomic E-state index is 13.7. The van der Waals surface area contributed by atoms with Crippen LogP contribution in [0.25, 0.3) is 11.1 Å². The molecule has 5 heteroatoms. The summed E-state index contributed by atoms with van der Waals surface area (Å²) in [4.78, 5) is 0.174. The highest BCUT2D eigenvalue weighted by molar-refractivity contribution is 7.92. The molecular formula is C23H23NO3S. The van der Waals surface area contributed by atoms with Gasteiger partial charge in [0.25, 0.3) is 10.0 Å². The van der Waals surface area contributed by atoms with Gasteiger partial charge in [-0.3, -0.25) is 4.31 Å². The van der Waals surface area contributed by atoms with Gasteiger partial charge in [-0.25, -0.2) is 8.42 Å². The molecule has 4 rings (SSSR count). The number of anilines is 1. The van der Waals surface area contributed by atoms with Gasteiger partial charge in [-0.2, -0.15) is 0 Å². The maximum atomic E-state index is 13.7. The van der Waals surface area contributed by atoms with Crippen molar-refractivity contribution in [1.29, 1.82) is 0 Å². The minimum atomic E-state index is -3.82. The summed E-state index contributed by atoms with van der Waals surface area (Å²) < 4.78 is 29.1. The fraction of sp³-hybridized carbons (Fsp3) is 0.217. The van der Waals surface area contributed by atoms with Gasteiger partial charge in [0.1, 0.15) is 5.75 Å². The van der Waals surface area contributed by atoms with Crippen molar-refractivity contribution in [3.05, 3.63) is 78.4 Å². The molecule has 2 atom stereocenters. The first-order valence-electron chi connectivity index (χ1n) is 9.47. The average Bonchev–Trinajstić information content (AvgIpc) is 2.72. The van der Waals surface area contributed by atoms with Crippen molar-refractivity contribution in [2.75, 3.05) is 4.31 Å². The van der Waals surface area contributed by atoms with E-state index in [1.165, 1.54) is 24.3 Å². The zero-order valence-electron chi connectivity index (χ0n) is 15.9. The first kappa shape index (κ1) is 18.6. The molecule has 1 aliphatic heterocycles. The van der Waals surface area contributed by atoms with Crippen LogP contribution in [-0.4, -0.2) is 13.5 Å². The highest BCUT2D eigenvalue weighted by Gasteiger charge is 2.40. The van der Waals surface area contributed by atoms with Gasteiger partial charge in [0.05, 0.1) is 16.6 Å². The first-order chi connectivity index (χ1) is 13.4. The van der Waals surface area contributed by atoms with E-state index in [9.17, 15) is 13.5 Å². The summed E-state index contributed by atoms with van der Waals surface area (Å²) in [5.41, 5.74) is 3.72. The lowest BCUT2D eigenvalue weighted by Gasteiger charge is -2.42. The van der Waals surface area contributed by atoms with Crippen LogP contribution in [0.2, 0.25) is 0 Å². The molecule has 4 nitrogen and oxygen atoms in total. The molecule has 0 aliphatic carbocycles. The Morgan fingerprint density at radius 2 is 1.54 bits per heavy atom. The van der Waals surface area contributed by atoms with Crippen LogP contribution in [0.1, 0.15) is 31.9 Å². The second-order valence-corrected chi connectivity index (χ2v) is 9.04. The number of hydrogen-bond donors (Lipinski definition) is 1. The van der Waals surface area contributed by atoms with Crippen LogP contribution < -0.4 is 4.31 Å². The van der Waals surface area contributed by atoms with Gasteiger partial charge >= 0.3 is 0 Å². The van der Waals surface area contributed by atoms with Crippen LogP contribution in [0.4, 0.5) is 5.69 Å². The maximum Gasteiger partial charge on any atom is 0.264 e. The molecule has 0 amide bonds. The van der Waals surface area contributed by atoms with Crippen molar-refractivity contribution in [3.63, 3.8) is 0 Å². The lowest BCUT2D eigenvalue weighted by Crippen LogP contribution is -2.40. The Labute approximate surface area is 166 Å². The zero-order valence-corrected chi connectivity index (χ0v) is 16.7. The van der Waals surface area contributed by atoms with E-state index in [-0.39, 0.29) is 22.6 Å². The Kier molecular flexibility index (Phi) is 4.63. The van der Waals surface area contributed by atoms with E-state index in [0.717, 1.165) is 23.1 Å². The van der Waals surface area contributed by atoms with Crippen LogP contribution in [0.5, 0.6) is 5.75 Å². The van der Waals surface area contributed by atoms with E-state index in [4.69, 9.17) is 0 Å². The van der Waals surface area contributed by atoms with E-state index in [0.29, 0.717) is 5.69 Å². The van der Waals surface area contributed by atoms with Crippen LogP contribution in [0.15, 0.2) is 77.7 Å². The molecule has 1 N–H and O–H groups in total. The molecule has 0 fully saturated rings. The molecular weight excluding hydrogens is 370 g/mol. The van der Waals surface area contributed by atoms with Gasteiger partial charge < -0.3 is 5.11 Å². The number of hydrogen-bond acceptors (Lipinski definition) is 3. The number of fused-ring (bicyclic) bond motifs is 3. The molecule has 1 aliphatic rings. The minimum absolute atomic E-state index is 0.0433. The Balaban J connectivity index is 2.00. The Bertz CT molecular complexity index is 1110. The lowest BCUT2D eigenvalue weighted by molar-refractivity contribution is 0.449. The van der Waals surface area contributed by atoms with Crippen LogP contribution in [-0.2, 0) is 10.0 Å². The molecule has 3 aromatic carbocycles. The molecule has 1 heterocycles. The van der Waals surface area contributed by atoms with Crippen molar-refractivity contribution in [2.24, 2.45) is 5.92 Å². The van der Waals surface area contributed by atoms with Crippen LogP contribution >= 0.6 is 0 Å². The minimum Gasteiger partial charge on any atom is -0.508 e. The van der Waals surface area contributed by atoms with Crippen molar-refractivity contribution in [2.45, 2.75) is 31.2 Å². The second kappa shape index (κ2) is 6.99. The van der Waals surface area contributed by atoms with E-state index in [1.54, 1.807) is 4.31 Å². The zero-order chi connectivity index (χ0) is 19.9. The topological polar surface area (TPSA) is 57.6 Å². The molecule has 0 radical (unpaired) electrons. The van der Waals surface area contributed by atoms with Crippen LogP contribution in [0.3, 0.4) is 0 Å². The molecule has 0 saturated carbocycles. The number of phenols is 1. The van der Waals surface area contributed by atoms with E-state index >= 15 is 0 Å². The summed E-state index contributed by atoms with van der Waals surface area (Å²) in [5.74, 6) is 0.170. The molecule has 2 unspecified atom stereocenters. The highest BCUT2D eigenvalue weighted by atomic mass is 32.2. The molecule has 3 aromatic rings. The number of aromatic hydroxyl groups is 1. The number of sulfonamides is 1. The third-order valence-electron chi connectivity index (χ3n) is 5.54. The van der Waals surface area contributed by atoms with Crippen molar-refractivity contribution < 1.29 is 13.5 Å². The molecule has 28 heavy (non-hydrogen) atoms. The summed E-state index contributed by atoms with van der Waals surface area (Å²) in [6.45, 7) is 4.17. The van der Waals surface area contributed by atoms with Gasteiger partial charge in [-0.05, 0) is 47.4 Å². The Hall–Kier alpha value is -2.79. The van der Waals surface area contributed by atoms with E-state index in [2.05, 4.69) is 19.9 Å². The molecule has 0 saturated heterocycles. The highest BCUT2D eigenvalue weighted by Crippen LogP contribution is 2.50. The van der Waals surface area contributed by atoms with E-state index in [1.807, 2.05) is 42.5 Å². The summed E-state index contributed by atoms with van der Waals surface area (Å²) in [6, 6.07) is 21.2. The smallest absolute Gasteiger partial charge is 0.264 e. The molecule has 144 valence electrons. The number of benzene rings is 3. The fourth-order valence-electron chi connectivity index (χ4n) is 3.94. The second-order valence-electron chi connectivity index (χ2n) is 7.23. The normalized spacial score (nSPS) is 16.9. The number of rotatable bonds is 4. The average molecular weight is 394 g/mol. The fourth-order valence-corrected chi connectivity index (χ4v) is 5.69. The SMILES string of the molecule is CCC(C)C1c2ccccc2-c2ccccc2N1S(=O)(=O)c1ccc(O)cc1. The number of para-hydroxylation sites is 1. The summed E-state index contributed by atoms with van der Waals surface area (Å²) in [6.07, 6.45) is 0.850. The quantitative estimate of drug-likeness (QED) is 0.649. The van der Waals surface area contributed by atoms with Gasteiger partial charge in [0.2, 0.25) is 0 Å². The standard InChI is InChI=1S/C23H23NO3S/c1-3-16(2)23-21-10-5-4-8-19(21)20-9-6-7-11-22(20)24(23)28(26,27)18-14-12-17(25)13-15-18/h4-16,23,25H,3H2,1-2H3. The van der Waals surface area contributed by atoms with Crippen molar-refractivity contribution >= 4 is 15.7 Å². The summed E-state index contributed by atoms with van der Waals surface area (Å²) in [5, 5.41) is 9.59. The van der Waals surface area contributed by atoms with E-state index < -0.39 is 10.0 Å². The first-order valence-corrected chi connectivity index (χ1v) is 10.9. The predicted octanol–water partition coefficient (Wildman–Crippen LogP) is 5.36. The Morgan fingerprint density at radius 3 is 2.21 bits per heavy atom. The third kappa shape index (κ3) is 2.87. The summed E-state index contributed by atoms with van der Waals surface area (Å²) in [7, 11) is -3.82. The summed E-state index contributed by atoms with van der Waals surface area (Å²) >= 11 is 0. The van der Waals surface area contributed by atoms with Crippen molar-refractivity contribution in [3.8, 4) is 16.9 Å².